The minimum absolute atomic E-state index is 0.237. The number of aryl methyl sites for hydroxylation is 1. The zero-order valence-electron chi connectivity index (χ0n) is 14.1. The second-order valence-corrected chi connectivity index (χ2v) is 7.59. The van der Waals surface area contributed by atoms with Crippen LogP contribution in [0, 0.1) is 6.92 Å². The maximum atomic E-state index is 12.5. The Hall–Kier alpha value is -2.38. The highest BCUT2D eigenvalue weighted by Gasteiger charge is 2.35. The summed E-state index contributed by atoms with van der Waals surface area (Å²) in [6.07, 6.45) is -0.704. The molecule has 0 aliphatic carbocycles. The largest absolute Gasteiger partial charge is 0.460 e. The van der Waals surface area contributed by atoms with Crippen LogP contribution in [-0.4, -0.2) is 33.9 Å². The molecule has 3 heterocycles. The molecule has 6 nitrogen and oxygen atoms in total. The highest BCUT2D eigenvalue weighted by atomic mass is 35.5. The first-order chi connectivity index (χ1) is 12.4. The van der Waals surface area contributed by atoms with E-state index in [9.17, 15) is 9.59 Å². The van der Waals surface area contributed by atoms with Crippen molar-refractivity contribution < 1.29 is 19.1 Å². The molecule has 0 unspecified atom stereocenters. The summed E-state index contributed by atoms with van der Waals surface area (Å²) in [4.78, 5) is 25.4. The standard InChI is InChI=1S/C18H15ClN2O4S/c1-9-7-14(17(22)24-9)25-18(23)15-8-11-10(2)20-21(16(11)26-15)13-6-4-3-5-12(13)19/h3-6,8-9,14H,7H2,1-2H3/t9-,14+/m1/s1. The maximum Gasteiger partial charge on any atom is 0.349 e. The van der Waals surface area contributed by atoms with Gasteiger partial charge in [0.05, 0.1) is 16.4 Å². The molecule has 1 aliphatic rings. The molecule has 1 fully saturated rings. The predicted molar refractivity (Wildman–Crippen MR) is 98.1 cm³/mol. The number of rotatable bonds is 3. The normalized spacial score (nSPS) is 19.7. The van der Waals surface area contributed by atoms with Crippen molar-refractivity contribution in [3.8, 4) is 5.69 Å². The number of carbonyl (C=O) groups excluding carboxylic acids is 2. The Labute approximate surface area is 158 Å². The summed E-state index contributed by atoms with van der Waals surface area (Å²) in [6, 6.07) is 9.11. The number of fused-ring (bicyclic) bond motifs is 1. The number of cyclic esters (lactones) is 1. The van der Waals surface area contributed by atoms with Crippen LogP contribution >= 0.6 is 22.9 Å². The van der Waals surface area contributed by atoms with Gasteiger partial charge in [0.2, 0.25) is 6.10 Å². The van der Waals surface area contributed by atoms with Crippen molar-refractivity contribution in [1.29, 1.82) is 0 Å². The van der Waals surface area contributed by atoms with E-state index in [1.54, 1.807) is 23.7 Å². The Balaban J connectivity index is 1.68. The van der Waals surface area contributed by atoms with Crippen LogP contribution in [-0.2, 0) is 14.3 Å². The lowest BCUT2D eigenvalue weighted by Crippen LogP contribution is -2.22. The van der Waals surface area contributed by atoms with Crippen LogP contribution in [0.15, 0.2) is 30.3 Å². The summed E-state index contributed by atoms with van der Waals surface area (Å²) >= 11 is 7.54. The summed E-state index contributed by atoms with van der Waals surface area (Å²) in [5.74, 6) is -1.03. The molecule has 4 rings (SSSR count). The molecule has 0 bridgehead atoms. The molecule has 134 valence electrons. The number of benzene rings is 1. The summed E-state index contributed by atoms with van der Waals surface area (Å²) in [5, 5.41) is 5.94. The third-order valence-electron chi connectivity index (χ3n) is 4.20. The van der Waals surface area contributed by atoms with Crippen LogP contribution in [0.4, 0.5) is 0 Å². The average Bonchev–Trinajstić information content (AvgIpc) is 3.24. The van der Waals surface area contributed by atoms with Crippen LogP contribution in [0.1, 0.15) is 28.7 Å². The molecule has 1 saturated heterocycles. The number of carbonyl (C=O) groups is 2. The van der Waals surface area contributed by atoms with Gasteiger partial charge in [0.1, 0.15) is 15.8 Å². The Morgan fingerprint density at radius 2 is 2.19 bits per heavy atom. The molecule has 2 atom stereocenters. The van der Waals surface area contributed by atoms with Crippen LogP contribution in [0.2, 0.25) is 5.02 Å². The third kappa shape index (κ3) is 2.87. The summed E-state index contributed by atoms with van der Waals surface area (Å²) in [6.45, 7) is 3.64. The van der Waals surface area contributed by atoms with Gasteiger partial charge in [-0.05, 0) is 32.0 Å². The lowest BCUT2D eigenvalue weighted by molar-refractivity contribution is -0.147. The number of aromatic nitrogens is 2. The number of esters is 2. The zero-order valence-corrected chi connectivity index (χ0v) is 15.6. The molecule has 0 saturated carbocycles. The van der Waals surface area contributed by atoms with Crippen molar-refractivity contribution in [1.82, 2.24) is 9.78 Å². The van der Waals surface area contributed by atoms with Gasteiger partial charge in [-0.15, -0.1) is 11.3 Å². The van der Waals surface area contributed by atoms with Crippen molar-refractivity contribution in [2.75, 3.05) is 0 Å². The van der Waals surface area contributed by atoms with Gasteiger partial charge < -0.3 is 9.47 Å². The SMILES string of the molecule is Cc1nn(-c2ccccc2Cl)c2sc(C(=O)O[C@H]3C[C@@H](C)OC3=O)cc12. The van der Waals surface area contributed by atoms with Gasteiger partial charge >= 0.3 is 11.9 Å². The Morgan fingerprint density at radius 3 is 2.88 bits per heavy atom. The minimum Gasteiger partial charge on any atom is -0.460 e. The van der Waals surface area contributed by atoms with E-state index < -0.39 is 18.0 Å². The molecule has 1 aliphatic heterocycles. The minimum atomic E-state index is -0.844. The monoisotopic (exact) mass is 390 g/mol. The molecule has 0 radical (unpaired) electrons. The lowest BCUT2D eigenvalue weighted by Gasteiger charge is -2.07. The Bertz CT molecular complexity index is 1030. The maximum absolute atomic E-state index is 12.5. The van der Waals surface area contributed by atoms with Crippen LogP contribution < -0.4 is 0 Å². The lowest BCUT2D eigenvalue weighted by atomic mass is 10.2. The number of nitrogens with zero attached hydrogens (tertiary/aromatic N) is 2. The number of thiophene rings is 1. The molecule has 2 aromatic heterocycles. The van der Waals surface area contributed by atoms with Crippen molar-refractivity contribution in [2.45, 2.75) is 32.5 Å². The quantitative estimate of drug-likeness (QED) is 0.634. The van der Waals surface area contributed by atoms with Crippen molar-refractivity contribution in [3.05, 3.63) is 45.9 Å². The van der Waals surface area contributed by atoms with E-state index in [1.165, 1.54) is 11.3 Å². The van der Waals surface area contributed by atoms with Gasteiger partial charge in [0, 0.05) is 11.8 Å². The fourth-order valence-corrected chi connectivity index (χ4v) is 4.21. The van der Waals surface area contributed by atoms with Crippen molar-refractivity contribution in [3.63, 3.8) is 0 Å². The Kier molecular flexibility index (Phi) is 4.20. The number of ether oxygens (including phenoxy) is 2. The van der Waals surface area contributed by atoms with E-state index in [0.717, 1.165) is 21.6 Å². The zero-order chi connectivity index (χ0) is 18.4. The van der Waals surface area contributed by atoms with Gasteiger partial charge in [0.25, 0.3) is 0 Å². The summed E-state index contributed by atoms with van der Waals surface area (Å²) in [5.41, 5.74) is 1.52. The molecule has 0 amide bonds. The Morgan fingerprint density at radius 1 is 1.42 bits per heavy atom. The van der Waals surface area contributed by atoms with Gasteiger partial charge in [0.15, 0.2) is 0 Å². The van der Waals surface area contributed by atoms with Gasteiger partial charge in [-0.3, -0.25) is 0 Å². The summed E-state index contributed by atoms with van der Waals surface area (Å²) < 4.78 is 12.1. The molecule has 1 aromatic carbocycles. The summed E-state index contributed by atoms with van der Waals surface area (Å²) in [7, 11) is 0. The molecule has 3 aromatic rings. The van der Waals surface area contributed by atoms with Crippen LogP contribution in [0.25, 0.3) is 15.9 Å². The second kappa shape index (κ2) is 6.41. The second-order valence-electron chi connectivity index (χ2n) is 6.16. The average molecular weight is 391 g/mol. The molecule has 26 heavy (non-hydrogen) atoms. The van der Waals surface area contributed by atoms with E-state index in [0.29, 0.717) is 16.3 Å². The fourth-order valence-electron chi connectivity index (χ4n) is 2.94. The highest BCUT2D eigenvalue weighted by Crippen LogP contribution is 2.33. The number of halogens is 1. The molecular weight excluding hydrogens is 376 g/mol. The van der Waals surface area contributed by atoms with Crippen molar-refractivity contribution in [2.24, 2.45) is 0 Å². The fraction of sp³-hybridized carbons (Fsp3) is 0.278. The smallest absolute Gasteiger partial charge is 0.349 e. The number of para-hydroxylation sites is 1. The van der Waals surface area contributed by atoms with E-state index in [-0.39, 0.29) is 6.10 Å². The number of hydrogen-bond acceptors (Lipinski definition) is 6. The first kappa shape index (κ1) is 17.1. The first-order valence-corrected chi connectivity index (χ1v) is 9.29. The number of hydrogen-bond donors (Lipinski definition) is 0. The first-order valence-electron chi connectivity index (χ1n) is 8.09. The molecule has 0 N–H and O–H groups in total. The van der Waals surface area contributed by atoms with Crippen LogP contribution in [0.5, 0.6) is 0 Å². The van der Waals surface area contributed by atoms with Crippen molar-refractivity contribution >= 4 is 45.1 Å². The van der Waals surface area contributed by atoms with E-state index >= 15 is 0 Å². The predicted octanol–water partition coefficient (Wildman–Crippen LogP) is 3.91. The third-order valence-corrected chi connectivity index (χ3v) is 5.61. The van der Waals surface area contributed by atoms with Gasteiger partial charge in [-0.25, -0.2) is 14.3 Å². The van der Waals surface area contributed by atoms with E-state index in [4.69, 9.17) is 21.1 Å². The topological polar surface area (TPSA) is 70.4 Å². The van der Waals surface area contributed by atoms with Gasteiger partial charge in [-0.2, -0.15) is 5.10 Å². The molecular formula is C18H15ClN2O4S. The van der Waals surface area contributed by atoms with E-state index in [1.807, 2.05) is 25.1 Å². The van der Waals surface area contributed by atoms with Crippen LogP contribution in [0.3, 0.4) is 0 Å². The molecule has 0 spiro atoms. The molecule has 8 heteroatoms. The van der Waals surface area contributed by atoms with E-state index in [2.05, 4.69) is 5.10 Å². The van der Waals surface area contributed by atoms with Gasteiger partial charge in [-0.1, -0.05) is 23.7 Å². The highest BCUT2D eigenvalue weighted by molar-refractivity contribution is 7.20.